The molecule has 1 aliphatic heterocycles. The number of allylic oxidation sites excluding steroid dienone is 1. The predicted molar refractivity (Wildman–Crippen MR) is 140 cm³/mol. The summed E-state index contributed by atoms with van der Waals surface area (Å²) in [5.41, 5.74) is 1.79. The molecule has 0 saturated carbocycles. The summed E-state index contributed by atoms with van der Waals surface area (Å²) in [5.74, 6) is 2.30. The third-order valence-corrected chi connectivity index (χ3v) is 8.08. The average Bonchev–Trinajstić information content (AvgIpc) is 2.77. The van der Waals surface area contributed by atoms with E-state index in [1.54, 1.807) is 0 Å². The Bertz CT molecular complexity index is 932. The molecule has 1 unspecified atom stereocenters. The third kappa shape index (κ3) is 5.38. The van der Waals surface area contributed by atoms with E-state index in [9.17, 15) is 4.79 Å². The summed E-state index contributed by atoms with van der Waals surface area (Å²) in [6.45, 7) is 10.4. The summed E-state index contributed by atoms with van der Waals surface area (Å²) >= 11 is 14.5. The molecule has 0 aromatic heterocycles. The lowest BCUT2D eigenvalue weighted by atomic mass is 9.67. The van der Waals surface area contributed by atoms with Crippen LogP contribution in [-0.4, -0.2) is 28.4 Å². The lowest BCUT2D eigenvalue weighted by molar-refractivity contribution is -0.153. The van der Waals surface area contributed by atoms with Gasteiger partial charge < -0.3 is 4.90 Å². The number of halogens is 2. The van der Waals surface area contributed by atoms with Gasteiger partial charge in [-0.2, -0.15) is 11.8 Å². The van der Waals surface area contributed by atoms with Gasteiger partial charge in [0, 0.05) is 27.8 Å². The van der Waals surface area contributed by atoms with Crippen molar-refractivity contribution in [2.45, 2.75) is 58.0 Å². The fourth-order valence-electron chi connectivity index (χ4n) is 4.94. The van der Waals surface area contributed by atoms with Crippen LogP contribution in [0.4, 0.5) is 0 Å². The second-order valence-electron chi connectivity index (χ2n) is 8.85. The lowest BCUT2D eigenvalue weighted by Crippen LogP contribution is -2.56. The largest absolute Gasteiger partial charge is 0.331 e. The molecule has 2 aromatic rings. The minimum atomic E-state index is -0.498. The van der Waals surface area contributed by atoms with Gasteiger partial charge in [0.15, 0.2) is 0 Å². The summed E-state index contributed by atoms with van der Waals surface area (Å²) in [5, 5.41) is 1.42. The molecule has 1 fully saturated rings. The Balaban J connectivity index is 2.20. The number of nitrogens with zero attached hydrogens (tertiary/aromatic N) is 1. The molecule has 3 rings (SSSR count). The van der Waals surface area contributed by atoms with Crippen molar-refractivity contribution in [1.29, 1.82) is 0 Å². The van der Waals surface area contributed by atoms with Gasteiger partial charge in [0.2, 0.25) is 5.91 Å². The van der Waals surface area contributed by atoms with Gasteiger partial charge in [-0.3, -0.25) is 4.79 Å². The molecule has 172 valence electrons. The van der Waals surface area contributed by atoms with E-state index in [1.807, 2.05) is 42.1 Å². The SMILES string of the molecule is C=CC[C@@]1(C)C[C@H](c2cccc(Cl)c2)[C@@H](c2ccc(Cl)cc2)N(C(CC)CSCC)C1=O. The number of hydrogen-bond donors (Lipinski definition) is 0. The van der Waals surface area contributed by atoms with E-state index in [4.69, 9.17) is 23.2 Å². The van der Waals surface area contributed by atoms with Gasteiger partial charge in [-0.05, 0) is 60.4 Å². The fourth-order valence-corrected chi connectivity index (χ4v) is 6.17. The molecule has 0 aliphatic carbocycles. The van der Waals surface area contributed by atoms with E-state index in [2.05, 4.69) is 56.5 Å². The molecule has 1 amide bonds. The molecular weight excluding hydrogens is 457 g/mol. The fraction of sp³-hybridized carbons (Fsp3) is 0.444. The first kappa shape index (κ1) is 25.2. The summed E-state index contributed by atoms with van der Waals surface area (Å²) < 4.78 is 0. The van der Waals surface area contributed by atoms with E-state index >= 15 is 0 Å². The highest BCUT2D eigenvalue weighted by Gasteiger charge is 2.50. The summed E-state index contributed by atoms with van der Waals surface area (Å²) in [6, 6.07) is 16.2. The zero-order valence-electron chi connectivity index (χ0n) is 19.2. The highest BCUT2D eigenvalue weighted by Crippen LogP contribution is 2.52. The number of piperidine rings is 1. The van der Waals surface area contributed by atoms with E-state index in [0.29, 0.717) is 11.4 Å². The Morgan fingerprint density at radius 1 is 1.16 bits per heavy atom. The Morgan fingerprint density at radius 2 is 1.88 bits per heavy atom. The Morgan fingerprint density at radius 3 is 2.47 bits per heavy atom. The van der Waals surface area contributed by atoms with Crippen molar-refractivity contribution >= 4 is 40.9 Å². The van der Waals surface area contributed by atoms with E-state index in [1.165, 1.54) is 5.56 Å². The smallest absolute Gasteiger partial charge is 0.229 e. The van der Waals surface area contributed by atoms with Gasteiger partial charge in [-0.15, -0.1) is 6.58 Å². The maximum atomic E-state index is 14.1. The van der Waals surface area contributed by atoms with E-state index in [-0.39, 0.29) is 23.9 Å². The summed E-state index contributed by atoms with van der Waals surface area (Å²) in [6.07, 6.45) is 4.20. The van der Waals surface area contributed by atoms with Crippen LogP contribution in [-0.2, 0) is 4.79 Å². The zero-order chi connectivity index (χ0) is 23.3. The second-order valence-corrected chi connectivity index (χ2v) is 11.0. The molecule has 0 spiro atoms. The Hall–Kier alpha value is -1.42. The van der Waals surface area contributed by atoms with Gasteiger partial charge in [0.25, 0.3) is 0 Å². The zero-order valence-corrected chi connectivity index (χ0v) is 21.5. The topological polar surface area (TPSA) is 20.3 Å². The maximum absolute atomic E-state index is 14.1. The van der Waals surface area contributed by atoms with Crippen LogP contribution in [0.15, 0.2) is 61.2 Å². The van der Waals surface area contributed by atoms with Crippen LogP contribution in [0.25, 0.3) is 0 Å². The van der Waals surface area contributed by atoms with Crippen LogP contribution in [0.1, 0.15) is 63.1 Å². The van der Waals surface area contributed by atoms with E-state index < -0.39 is 5.41 Å². The first-order chi connectivity index (χ1) is 15.3. The van der Waals surface area contributed by atoms with Gasteiger partial charge in [0.1, 0.15) is 0 Å². The highest BCUT2D eigenvalue weighted by atomic mass is 35.5. The average molecular weight is 491 g/mol. The van der Waals surface area contributed by atoms with Gasteiger partial charge in [0.05, 0.1) is 11.5 Å². The lowest BCUT2D eigenvalue weighted by Gasteiger charge is -2.52. The third-order valence-electron chi connectivity index (χ3n) is 6.56. The molecule has 0 N–H and O–H groups in total. The quantitative estimate of drug-likeness (QED) is 0.331. The molecule has 0 bridgehead atoms. The normalized spacial score (nSPS) is 24.4. The maximum Gasteiger partial charge on any atom is 0.229 e. The molecule has 1 aliphatic rings. The van der Waals surface area contributed by atoms with Crippen LogP contribution in [0.5, 0.6) is 0 Å². The number of carbonyl (C=O) groups excluding carboxylic acids is 1. The molecule has 0 radical (unpaired) electrons. The van der Waals surface area contributed by atoms with Crippen molar-refractivity contribution in [2.24, 2.45) is 5.41 Å². The minimum absolute atomic E-state index is 0.0708. The number of benzene rings is 2. The van der Waals surface area contributed by atoms with Crippen molar-refractivity contribution in [3.63, 3.8) is 0 Å². The minimum Gasteiger partial charge on any atom is -0.331 e. The molecule has 2 aromatic carbocycles. The van der Waals surface area contributed by atoms with Crippen LogP contribution < -0.4 is 0 Å². The van der Waals surface area contributed by atoms with Gasteiger partial charge in [-0.1, -0.05) is 74.3 Å². The molecule has 2 nitrogen and oxygen atoms in total. The van der Waals surface area contributed by atoms with Crippen LogP contribution in [0, 0.1) is 5.41 Å². The number of hydrogen-bond acceptors (Lipinski definition) is 2. The van der Waals surface area contributed by atoms with Crippen LogP contribution >= 0.6 is 35.0 Å². The number of likely N-dealkylation sites (tertiary alicyclic amines) is 1. The number of amides is 1. The standard InChI is InChI=1S/C27H33Cl2NOS/c1-5-15-27(4)17-24(20-9-8-10-22(29)16-20)25(19-11-13-21(28)14-12-19)30(26(27)31)23(6-2)18-32-7-3/h5,8-14,16,23-25H,1,6-7,15,17-18H2,2-4H3/t23?,24-,25-,27+/m1/s1. The Labute approximate surface area is 207 Å². The first-order valence-electron chi connectivity index (χ1n) is 11.4. The number of carbonyl (C=O) groups is 1. The van der Waals surface area contributed by atoms with E-state index in [0.717, 1.165) is 34.9 Å². The van der Waals surface area contributed by atoms with Crippen molar-refractivity contribution in [2.75, 3.05) is 11.5 Å². The van der Waals surface area contributed by atoms with Crippen molar-refractivity contribution in [3.8, 4) is 0 Å². The molecular formula is C27H33Cl2NOS. The number of thioether (sulfide) groups is 1. The monoisotopic (exact) mass is 489 g/mol. The molecule has 5 heteroatoms. The van der Waals surface area contributed by atoms with Crippen LogP contribution in [0.2, 0.25) is 10.0 Å². The highest BCUT2D eigenvalue weighted by molar-refractivity contribution is 7.99. The molecule has 1 heterocycles. The van der Waals surface area contributed by atoms with Gasteiger partial charge >= 0.3 is 0 Å². The van der Waals surface area contributed by atoms with Crippen molar-refractivity contribution in [3.05, 3.63) is 82.4 Å². The van der Waals surface area contributed by atoms with Crippen molar-refractivity contribution in [1.82, 2.24) is 4.90 Å². The molecule has 4 atom stereocenters. The van der Waals surface area contributed by atoms with Crippen molar-refractivity contribution < 1.29 is 4.79 Å². The van der Waals surface area contributed by atoms with Crippen LogP contribution in [0.3, 0.4) is 0 Å². The van der Waals surface area contributed by atoms with Gasteiger partial charge in [-0.25, -0.2) is 0 Å². The predicted octanol–water partition coefficient (Wildman–Crippen LogP) is 8.16. The first-order valence-corrected chi connectivity index (χ1v) is 13.3. The number of rotatable bonds is 9. The molecule has 32 heavy (non-hydrogen) atoms. The summed E-state index contributed by atoms with van der Waals surface area (Å²) in [7, 11) is 0. The second kappa shape index (κ2) is 11.1. The summed E-state index contributed by atoms with van der Waals surface area (Å²) in [4.78, 5) is 16.3. The Kier molecular flexibility index (Phi) is 8.77. The molecule has 1 saturated heterocycles.